The molecule has 1 N–H and O–H groups in total. The van der Waals surface area contributed by atoms with E-state index in [0.29, 0.717) is 5.92 Å². The van der Waals surface area contributed by atoms with E-state index in [2.05, 4.69) is 0 Å². The Kier molecular flexibility index (Phi) is 4.88. The number of halogens is 2. The first-order chi connectivity index (χ1) is 9.56. The van der Waals surface area contributed by atoms with E-state index in [1.807, 2.05) is 0 Å². The molecule has 2 nitrogen and oxygen atoms in total. The Morgan fingerprint density at radius 2 is 1.90 bits per heavy atom. The van der Waals surface area contributed by atoms with Crippen molar-refractivity contribution in [3.63, 3.8) is 0 Å². The molecule has 1 aromatic carbocycles. The van der Waals surface area contributed by atoms with E-state index in [9.17, 15) is 13.6 Å². The van der Waals surface area contributed by atoms with Crippen molar-refractivity contribution in [1.82, 2.24) is 0 Å². The third-order valence-electron chi connectivity index (χ3n) is 3.99. The summed E-state index contributed by atoms with van der Waals surface area (Å²) in [7, 11) is 0. The molecule has 1 fully saturated rings. The first-order valence-corrected chi connectivity index (χ1v) is 6.90. The molecule has 0 spiro atoms. The van der Waals surface area contributed by atoms with Gasteiger partial charge < -0.3 is 5.11 Å². The second-order valence-corrected chi connectivity index (χ2v) is 5.37. The van der Waals surface area contributed by atoms with Gasteiger partial charge >= 0.3 is 5.97 Å². The summed E-state index contributed by atoms with van der Waals surface area (Å²) in [6.45, 7) is 0. The van der Waals surface area contributed by atoms with Crippen LogP contribution in [0.25, 0.3) is 0 Å². The van der Waals surface area contributed by atoms with Gasteiger partial charge in [0, 0.05) is 6.08 Å². The zero-order chi connectivity index (χ0) is 14.5. The predicted octanol–water partition coefficient (Wildman–Crippen LogP) is 4.27. The molecule has 0 heterocycles. The van der Waals surface area contributed by atoms with E-state index in [-0.39, 0.29) is 5.92 Å². The van der Waals surface area contributed by atoms with Gasteiger partial charge in [0.05, 0.1) is 0 Å². The van der Waals surface area contributed by atoms with Crippen molar-refractivity contribution in [2.24, 2.45) is 5.92 Å². The Morgan fingerprint density at radius 3 is 2.50 bits per heavy atom. The Balaban J connectivity index is 1.87. The summed E-state index contributed by atoms with van der Waals surface area (Å²) >= 11 is 0. The van der Waals surface area contributed by atoms with Crippen LogP contribution in [0.2, 0.25) is 0 Å². The largest absolute Gasteiger partial charge is 0.478 e. The molecule has 0 bridgehead atoms. The molecule has 0 unspecified atom stereocenters. The predicted molar refractivity (Wildman–Crippen MR) is 72.4 cm³/mol. The first kappa shape index (κ1) is 14.7. The first-order valence-electron chi connectivity index (χ1n) is 6.90. The van der Waals surface area contributed by atoms with Crippen LogP contribution >= 0.6 is 0 Å². The quantitative estimate of drug-likeness (QED) is 0.836. The van der Waals surface area contributed by atoms with Gasteiger partial charge in [0.1, 0.15) is 0 Å². The highest BCUT2D eigenvalue weighted by molar-refractivity contribution is 5.79. The maximum Gasteiger partial charge on any atom is 0.327 e. The maximum atomic E-state index is 13.2. The van der Waals surface area contributed by atoms with Crippen LogP contribution in [0.5, 0.6) is 0 Å². The zero-order valence-corrected chi connectivity index (χ0v) is 11.2. The van der Waals surface area contributed by atoms with E-state index in [1.54, 1.807) is 12.1 Å². The molecular weight excluding hydrogens is 262 g/mol. The monoisotopic (exact) mass is 280 g/mol. The number of carboxylic acid groups (broad SMARTS) is 1. The Bertz CT molecular complexity index is 503. The van der Waals surface area contributed by atoms with Gasteiger partial charge in [-0.2, -0.15) is 0 Å². The SMILES string of the molecule is O=C(O)/C=C/C[C@H]1CC[C@H](c2ccc(F)c(F)c2)CC1. The molecule has 1 aliphatic rings. The molecule has 20 heavy (non-hydrogen) atoms. The third kappa shape index (κ3) is 3.89. The minimum Gasteiger partial charge on any atom is -0.478 e. The van der Waals surface area contributed by atoms with Crippen LogP contribution < -0.4 is 0 Å². The number of hydrogen-bond acceptors (Lipinski definition) is 1. The van der Waals surface area contributed by atoms with Crippen molar-refractivity contribution in [1.29, 1.82) is 0 Å². The number of carbonyl (C=O) groups is 1. The second kappa shape index (κ2) is 6.64. The van der Waals surface area contributed by atoms with Crippen LogP contribution in [0.15, 0.2) is 30.4 Å². The van der Waals surface area contributed by atoms with E-state index >= 15 is 0 Å². The zero-order valence-electron chi connectivity index (χ0n) is 11.2. The van der Waals surface area contributed by atoms with Gasteiger partial charge in [-0.3, -0.25) is 0 Å². The van der Waals surface area contributed by atoms with Crippen LogP contribution in [-0.4, -0.2) is 11.1 Å². The molecule has 108 valence electrons. The Labute approximate surface area is 117 Å². The molecule has 0 amide bonds. The lowest BCUT2D eigenvalue weighted by Crippen LogP contribution is -2.13. The fourth-order valence-corrected chi connectivity index (χ4v) is 2.86. The van der Waals surface area contributed by atoms with Crippen molar-refractivity contribution in [2.75, 3.05) is 0 Å². The van der Waals surface area contributed by atoms with Crippen molar-refractivity contribution < 1.29 is 18.7 Å². The third-order valence-corrected chi connectivity index (χ3v) is 3.99. The number of hydrogen-bond donors (Lipinski definition) is 1. The summed E-state index contributed by atoms with van der Waals surface area (Å²) in [5, 5.41) is 8.53. The second-order valence-electron chi connectivity index (χ2n) is 5.37. The molecule has 1 aromatic rings. The van der Waals surface area contributed by atoms with Gasteiger partial charge in [-0.25, -0.2) is 13.6 Å². The molecule has 2 rings (SSSR count). The number of benzene rings is 1. The Morgan fingerprint density at radius 1 is 1.20 bits per heavy atom. The fraction of sp³-hybridized carbons (Fsp3) is 0.438. The van der Waals surface area contributed by atoms with Gasteiger partial charge in [-0.05, 0) is 61.6 Å². The molecule has 4 heteroatoms. The highest BCUT2D eigenvalue weighted by Crippen LogP contribution is 2.37. The van der Waals surface area contributed by atoms with Crippen LogP contribution in [0.1, 0.15) is 43.6 Å². The molecule has 0 saturated heterocycles. The van der Waals surface area contributed by atoms with Crippen molar-refractivity contribution >= 4 is 5.97 Å². The normalized spacial score (nSPS) is 23.1. The van der Waals surface area contributed by atoms with Gasteiger partial charge in [0.2, 0.25) is 0 Å². The molecule has 1 aliphatic carbocycles. The number of rotatable bonds is 4. The topological polar surface area (TPSA) is 37.3 Å². The molecule has 0 atom stereocenters. The van der Waals surface area contributed by atoms with Crippen molar-refractivity contribution in [3.05, 3.63) is 47.5 Å². The van der Waals surface area contributed by atoms with E-state index in [0.717, 1.165) is 37.7 Å². The van der Waals surface area contributed by atoms with Crippen molar-refractivity contribution in [3.8, 4) is 0 Å². The van der Waals surface area contributed by atoms with Crippen LogP contribution in [-0.2, 0) is 4.79 Å². The number of carboxylic acids is 1. The van der Waals surface area contributed by atoms with E-state index < -0.39 is 17.6 Å². The summed E-state index contributed by atoms with van der Waals surface area (Å²) in [6, 6.07) is 4.14. The van der Waals surface area contributed by atoms with E-state index in [4.69, 9.17) is 5.11 Å². The van der Waals surface area contributed by atoms with Gasteiger partial charge in [0.25, 0.3) is 0 Å². The van der Waals surface area contributed by atoms with Gasteiger partial charge in [0.15, 0.2) is 11.6 Å². The summed E-state index contributed by atoms with van der Waals surface area (Å²) in [6.07, 6.45) is 7.53. The lowest BCUT2D eigenvalue weighted by Gasteiger charge is -2.28. The van der Waals surface area contributed by atoms with Crippen molar-refractivity contribution in [2.45, 2.75) is 38.0 Å². The minimum atomic E-state index is -0.916. The van der Waals surface area contributed by atoms with Crippen LogP contribution in [0.3, 0.4) is 0 Å². The smallest absolute Gasteiger partial charge is 0.327 e. The summed E-state index contributed by atoms with van der Waals surface area (Å²) in [5.74, 6) is -1.73. The van der Waals surface area contributed by atoms with E-state index in [1.165, 1.54) is 18.2 Å². The average molecular weight is 280 g/mol. The molecule has 0 aliphatic heterocycles. The lowest BCUT2D eigenvalue weighted by atomic mass is 9.77. The molecular formula is C16H18F2O2. The molecule has 0 aromatic heterocycles. The average Bonchev–Trinajstić information content (AvgIpc) is 2.42. The van der Waals surface area contributed by atoms with Gasteiger partial charge in [-0.15, -0.1) is 0 Å². The molecule has 1 saturated carbocycles. The molecule has 0 radical (unpaired) electrons. The standard InChI is InChI=1S/C16H18F2O2/c17-14-9-8-13(10-15(14)18)12-6-4-11(5-7-12)2-1-3-16(19)20/h1,3,8-12H,2,4-7H2,(H,19,20)/b3-1+/t11-,12-. The number of aliphatic carboxylic acids is 1. The lowest BCUT2D eigenvalue weighted by molar-refractivity contribution is -0.131. The van der Waals surface area contributed by atoms with Crippen LogP contribution in [0, 0.1) is 17.6 Å². The summed E-state index contributed by atoms with van der Waals surface area (Å²) in [4.78, 5) is 10.4. The summed E-state index contributed by atoms with van der Waals surface area (Å²) in [5.41, 5.74) is 0.864. The maximum absolute atomic E-state index is 13.2. The highest BCUT2D eigenvalue weighted by atomic mass is 19.2. The number of allylic oxidation sites excluding steroid dienone is 1. The van der Waals surface area contributed by atoms with Gasteiger partial charge in [-0.1, -0.05) is 12.1 Å². The highest BCUT2D eigenvalue weighted by Gasteiger charge is 2.22. The minimum absolute atomic E-state index is 0.282. The Hall–Kier alpha value is -1.71. The fourth-order valence-electron chi connectivity index (χ4n) is 2.86. The van der Waals surface area contributed by atoms with Crippen LogP contribution in [0.4, 0.5) is 8.78 Å². The summed E-state index contributed by atoms with van der Waals surface area (Å²) < 4.78 is 26.1.